The molecule has 1 heterocycles. The van der Waals surface area contributed by atoms with Gasteiger partial charge in [0.05, 0.1) is 18.0 Å². The topological polar surface area (TPSA) is 93.4 Å². The first-order valence-corrected chi connectivity index (χ1v) is 13.3. The van der Waals surface area contributed by atoms with E-state index in [4.69, 9.17) is 5.73 Å². The van der Waals surface area contributed by atoms with Crippen LogP contribution in [-0.4, -0.2) is 51.2 Å². The zero-order chi connectivity index (χ0) is 26.0. The summed E-state index contributed by atoms with van der Waals surface area (Å²) in [6.07, 6.45) is -3.46. The van der Waals surface area contributed by atoms with Crippen molar-refractivity contribution >= 4 is 40.7 Å². The third kappa shape index (κ3) is 9.64. The van der Waals surface area contributed by atoms with Crippen LogP contribution in [0.5, 0.6) is 0 Å². The van der Waals surface area contributed by atoms with E-state index in [2.05, 4.69) is 4.98 Å². The van der Waals surface area contributed by atoms with E-state index in [1.54, 1.807) is 0 Å². The van der Waals surface area contributed by atoms with Crippen LogP contribution in [0.3, 0.4) is 0 Å². The molecule has 2 amide bonds. The molecule has 0 bridgehead atoms. The number of amides is 2. The number of rotatable bonds is 14. The zero-order valence-electron chi connectivity index (χ0n) is 19.7. The number of hydrogen-bond acceptors (Lipinski definition) is 6. The van der Waals surface area contributed by atoms with Crippen molar-refractivity contribution in [3.63, 3.8) is 0 Å². The van der Waals surface area contributed by atoms with Gasteiger partial charge < -0.3 is 10.6 Å². The lowest BCUT2D eigenvalue weighted by Gasteiger charge is -2.29. The lowest BCUT2D eigenvalue weighted by molar-refractivity contribution is -0.167. The van der Waals surface area contributed by atoms with E-state index in [1.807, 2.05) is 49.6 Å². The van der Waals surface area contributed by atoms with Crippen LogP contribution in [0, 0.1) is 5.92 Å². The Kier molecular flexibility index (Phi) is 11.2. The van der Waals surface area contributed by atoms with Gasteiger partial charge in [0.15, 0.2) is 0 Å². The molecule has 1 aromatic heterocycles. The number of thiazole rings is 1. The van der Waals surface area contributed by atoms with Gasteiger partial charge in [-0.2, -0.15) is 24.9 Å². The third-order valence-electron chi connectivity index (χ3n) is 5.18. The summed E-state index contributed by atoms with van der Waals surface area (Å²) >= 11 is 2.28. The van der Waals surface area contributed by atoms with E-state index >= 15 is 0 Å². The first-order chi connectivity index (χ1) is 16.5. The molecule has 0 unspecified atom stereocenters. The van der Waals surface area contributed by atoms with Crippen molar-refractivity contribution in [1.29, 1.82) is 0 Å². The minimum atomic E-state index is -4.85. The van der Waals surface area contributed by atoms with Gasteiger partial charge in [-0.05, 0) is 30.9 Å². The number of primary amides is 1. The van der Waals surface area contributed by atoms with Crippen LogP contribution in [0.4, 0.5) is 13.2 Å². The van der Waals surface area contributed by atoms with Crippen LogP contribution in [0.1, 0.15) is 45.2 Å². The number of ketones is 1. The lowest BCUT2D eigenvalue weighted by Crippen LogP contribution is -2.47. The van der Waals surface area contributed by atoms with Gasteiger partial charge in [0.25, 0.3) is 0 Å². The van der Waals surface area contributed by atoms with Crippen LogP contribution in [0.2, 0.25) is 0 Å². The largest absolute Gasteiger partial charge is 0.450 e. The number of benzene rings is 1. The Morgan fingerprint density at radius 1 is 1.14 bits per heavy atom. The highest BCUT2D eigenvalue weighted by Gasteiger charge is 2.37. The van der Waals surface area contributed by atoms with Crippen molar-refractivity contribution in [2.45, 2.75) is 58.3 Å². The minimum Gasteiger partial charge on any atom is -0.368 e. The number of hydrogen-bond donors (Lipinski definition) is 1. The average Bonchev–Trinajstić information content (AvgIpc) is 3.27. The van der Waals surface area contributed by atoms with Crippen LogP contribution < -0.4 is 5.73 Å². The first kappa shape index (κ1) is 28.8. The fourth-order valence-corrected chi connectivity index (χ4v) is 4.95. The molecular formula is C24H30F3N3O3S2. The summed E-state index contributed by atoms with van der Waals surface area (Å²) in [5.74, 6) is -2.86. The molecule has 11 heteroatoms. The molecule has 0 saturated heterocycles. The number of nitrogens with zero attached hydrogens (tertiary/aromatic N) is 2. The average molecular weight is 530 g/mol. The highest BCUT2D eigenvalue weighted by atomic mass is 32.2. The third-order valence-corrected chi connectivity index (χ3v) is 7.16. The van der Waals surface area contributed by atoms with Crippen LogP contribution in [0.15, 0.2) is 35.7 Å². The second-order valence-electron chi connectivity index (χ2n) is 8.50. The Labute approximate surface area is 211 Å². The highest BCUT2D eigenvalue weighted by Crippen LogP contribution is 2.25. The van der Waals surface area contributed by atoms with E-state index in [9.17, 15) is 27.6 Å². The number of carbonyl (C=O) groups is 3. The summed E-state index contributed by atoms with van der Waals surface area (Å²) in [6.45, 7) is 4.10. The Morgan fingerprint density at radius 3 is 2.43 bits per heavy atom. The maximum absolute atomic E-state index is 13.1. The zero-order valence-corrected chi connectivity index (χ0v) is 21.3. The molecule has 0 aliphatic heterocycles. The van der Waals surface area contributed by atoms with Gasteiger partial charge in [0.2, 0.25) is 17.6 Å². The minimum absolute atomic E-state index is 0.105. The molecule has 2 aromatic rings. The molecule has 1 atom stereocenters. The SMILES string of the molecule is CC(C)CCC(=O)N(Cc1csc(-c2ccccc2)n1)[C@@H](CCCSCC(=O)C(F)(F)F)C(N)=O. The number of nitrogens with two attached hydrogens (primary N) is 1. The Morgan fingerprint density at radius 2 is 1.83 bits per heavy atom. The van der Waals surface area contributed by atoms with Gasteiger partial charge in [-0.15, -0.1) is 11.3 Å². The van der Waals surface area contributed by atoms with Gasteiger partial charge >= 0.3 is 6.18 Å². The molecule has 0 aliphatic carbocycles. The molecule has 6 nitrogen and oxygen atoms in total. The van der Waals surface area contributed by atoms with E-state index in [1.165, 1.54) is 16.2 Å². The van der Waals surface area contributed by atoms with E-state index in [-0.39, 0.29) is 31.0 Å². The second kappa shape index (κ2) is 13.6. The number of thioether (sulfide) groups is 1. The Bertz CT molecular complexity index is 981. The summed E-state index contributed by atoms with van der Waals surface area (Å²) in [4.78, 5) is 42.5. The summed E-state index contributed by atoms with van der Waals surface area (Å²) in [5, 5.41) is 2.62. The van der Waals surface area contributed by atoms with Crippen molar-refractivity contribution in [3.05, 3.63) is 41.4 Å². The van der Waals surface area contributed by atoms with Crippen molar-refractivity contribution in [1.82, 2.24) is 9.88 Å². The second-order valence-corrected chi connectivity index (χ2v) is 10.5. The molecule has 0 fully saturated rings. The Balaban J connectivity index is 2.09. The number of Topliss-reactive ketones (excluding diaryl/α,β-unsaturated/α-hetero) is 1. The normalized spacial score (nSPS) is 12.5. The number of aromatic nitrogens is 1. The van der Waals surface area contributed by atoms with Crippen molar-refractivity contribution in [2.24, 2.45) is 11.7 Å². The van der Waals surface area contributed by atoms with Gasteiger partial charge in [-0.25, -0.2) is 4.98 Å². The molecular weight excluding hydrogens is 499 g/mol. The van der Waals surface area contributed by atoms with Crippen molar-refractivity contribution in [2.75, 3.05) is 11.5 Å². The van der Waals surface area contributed by atoms with Crippen LogP contribution in [-0.2, 0) is 20.9 Å². The molecule has 35 heavy (non-hydrogen) atoms. The molecule has 192 valence electrons. The van der Waals surface area contributed by atoms with E-state index in [0.717, 1.165) is 22.3 Å². The summed E-state index contributed by atoms with van der Waals surface area (Å²) in [6, 6.07) is 8.66. The van der Waals surface area contributed by atoms with E-state index in [0.29, 0.717) is 24.5 Å². The first-order valence-electron chi connectivity index (χ1n) is 11.3. The Hall–Kier alpha value is -2.40. The maximum atomic E-state index is 13.1. The summed E-state index contributed by atoms with van der Waals surface area (Å²) in [5.41, 5.74) is 7.21. The van der Waals surface area contributed by atoms with E-state index < -0.39 is 29.7 Å². The number of alkyl halides is 3. The molecule has 2 rings (SSSR count). The summed E-state index contributed by atoms with van der Waals surface area (Å²) in [7, 11) is 0. The lowest BCUT2D eigenvalue weighted by atomic mass is 10.0. The monoisotopic (exact) mass is 529 g/mol. The molecule has 0 aliphatic rings. The highest BCUT2D eigenvalue weighted by molar-refractivity contribution is 7.99. The predicted octanol–water partition coefficient (Wildman–Crippen LogP) is 5.07. The van der Waals surface area contributed by atoms with Gasteiger partial charge in [0.1, 0.15) is 11.0 Å². The molecule has 0 radical (unpaired) electrons. The standard InChI is InChI=1S/C24H30F3N3O3S2/c1-16(2)10-11-21(32)30(13-18-14-35-23(29-18)17-7-4-3-5-8-17)19(22(28)33)9-6-12-34-15-20(31)24(25,26)27/h3-5,7-8,14,16,19H,6,9-13,15H2,1-2H3,(H2,28,33)/t19-/m0/s1. The van der Waals surface area contributed by atoms with Crippen LogP contribution >= 0.6 is 23.1 Å². The quantitative estimate of drug-likeness (QED) is 0.345. The maximum Gasteiger partial charge on any atom is 0.450 e. The number of halogens is 3. The van der Waals surface area contributed by atoms with Crippen LogP contribution in [0.25, 0.3) is 10.6 Å². The van der Waals surface area contributed by atoms with Gasteiger partial charge in [-0.3, -0.25) is 14.4 Å². The molecule has 0 spiro atoms. The fourth-order valence-electron chi connectivity index (χ4n) is 3.27. The number of carbonyl (C=O) groups excluding carboxylic acids is 3. The molecule has 1 aromatic carbocycles. The van der Waals surface area contributed by atoms with Gasteiger partial charge in [0, 0.05) is 17.4 Å². The molecule has 0 saturated carbocycles. The fraction of sp³-hybridized carbons (Fsp3) is 0.500. The smallest absolute Gasteiger partial charge is 0.368 e. The van der Waals surface area contributed by atoms with Gasteiger partial charge in [-0.1, -0.05) is 44.2 Å². The molecule has 2 N–H and O–H groups in total. The van der Waals surface area contributed by atoms with Crippen molar-refractivity contribution < 1.29 is 27.6 Å². The predicted molar refractivity (Wildman–Crippen MR) is 133 cm³/mol. The summed E-state index contributed by atoms with van der Waals surface area (Å²) < 4.78 is 37.1. The van der Waals surface area contributed by atoms with Crippen molar-refractivity contribution in [3.8, 4) is 10.6 Å².